The first-order valence-electron chi connectivity index (χ1n) is 42.7. The summed E-state index contributed by atoms with van der Waals surface area (Å²) in [5, 5.41) is 37.9. The number of hydrogen-bond acceptors (Lipinski definition) is 0. The molecular formula is C121H110. The normalized spacial score (nSPS) is 11.0. The summed E-state index contributed by atoms with van der Waals surface area (Å²) >= 11 is 0. The predicted molar refractivity (Wildman–Crippen MR) is 537 cm³/mol. The number of rotatable bonds is 0. The van der Waals surface area contributed by atoms with E-state index in [0.717, 1.165) is 0 Å². The molecule has 0 unspecified atom stereocenters. The molecule has 22 aromatic carbocycles. The van der Waals surface area contributed by atoms with Crippen LogP contribution < -0.4 is 0 Å². The highest BCUT2D eigenvalue weighted by atomic mass is 14.2. The summed E-state index contributed by atoms with van der Waals surface area (Å²) in [5.41, 5.74) is 22.9. The Morgan fingerprint density at radius 2 is 0.380 bits per heavy atom. The lowest BCUT2D eigenvalue weighted by atomic mass is 9.94. The molecule has 0 bridgehead atoms. The van der Waals surface area contributed by atoms with Gasteiger partial charge < -0.3 is 0 Å². The third kappa shape index (κ3) is 18.4. The molecule has 0 aliphatic rings. The fourth-order valence-corrected chi connectivity index (χ4v) is 17.7. The highest BCUT2D eigenvalue weighted by Gasteiger charge is 2.11. The Kier molecular flexibility index (Phi) is 24.8. The minimum atomic E-state index is 1.32. The number of benzene rings is 22. The van der Waals surface area contributed by atoms with Crippen molar-refractivity contribution in [3.8, 4) is 0 Å². The molecule has 594 valence electrons. The van der Waals surface area contributed by atoms with Gasteiger partial charge in [-0.2, -0.15) is 0 Å². The van der Waals surface area contributed by atoms with Gasteiger partial charge in [-0.15, -0.1) is 0 Å². The molecule has 0 spiro atoms. The van der Waals surface area contributed by atoms with Crippen molar-refractivity contribution in [2.75, 3.05) is 0 Å². The highest BCUT2D eigenvalue weighted by Crippen LogP contribution is 2.36. The second kappa shape index (κ2) is 36.4. The third-order valence-electron chi connectivity index (χ3n) is 24.4. The van der Waals surface area contributed by atoms with Gasteiger partial charge in [0.15, 0.2) is 0 Å². The van der Waals surface area contributed by atoms with Crippen LogP contribution in [-0.2, 0) is 0 Å². The zero-order valence-corrected chi connectivity index (χ0v) is 73.6. The van der Waals surface area contributed by atoms with E-state index in [0.29, 0.717) is 0 Å². The molecule has 0 N–H and O–H groups in total. The Morgan fingerprint density at radius 1 is 0.107 bits per heavy atom. The largest absolute Gasteiger partial charge is 0.0616 e. The van der Waals surface area contributed by atoms with Gasteiger partial charge in [0.05, 0.1) is 0 Å². The van der Waals surface area contributed by atoms with Crippen molar-refractivity contribution in [2.24, 2.45) is 0 Å². The fraction of sp³-hybridized carbons (Fsp3) is 0.140. The van der Waals surface area contributed by atoms with Gasteiger partial charge in [0.1, 0.15) is 0 Å². The van der Waals surface area contributed by atoms with Gasteiger partial charge in [0.2, 0.25) is 0 Å². The molecule has 22 rings (SSSR count). The van der Waals surface area contributed by atoms with Gasteiger partial charge in [-0.3, -0.25) is 0 Å². The minimum Gasteiger partial charge on any atom is -0.0616 e. The van der Waals surface area contributed by atoms with Crippen LogP contribution in [-0.4, -0.2) is 0 Å². The third-order valence-corrected chi connectivity index (χ3v) is 24.4. The maximum atomic E-state index is 2.30. The molecule has 0 heterocycles. The van der Waals surface area contributed by atoms with Gasteiger partial charge >= 0.3 is 0 Å². The summed E-state index contributed by atoms with van der Waals surface area (Å²) in [6.07, 6.45) is 0. The van der Waals surface area contributed by atoms with E-state index in [1.165, 1.54) is 245 Å². The van der Waals surface area contributed by atoms with Crippen LogP contribution in [0.4, 0.5) is 0 Å². The van der Waals surface area contributed by atoms with Crippen molar-refractivity contribution in [1.82, 2.24) is 0 Å². The van der Waals surface area contributed by atoms with E-state index in [4.69, 9.17) is 0 Å². The van der Waals surface area contributed by atoms with Gasteiger partial charge in [0.25, 0.3) is 0 Å². The van der Waals surface area contributed by atoms with Crippen LogP contribution in [0.2, 0.25) is 0 Å². The van der Waals surface area contributed by atoms with Gasteiger partial charge in [-0.05, 0) is 360 Å². The molecule has 0 atom stereocenters. The van der Waals surface area contributed by atoms with Crippen molar-refractivity contribution >= 4 is 151 Å². The van der Waals surface area contributed by atoms with Crippen molar-refractivity contribution in [2.45, 2.75) is 118 Å². The first kappa shape index (κ1) is 82.6. The van der Waals surface area contributed by atoms with Crippen LogP contribution in [0.15, 0.2) is 358 Å². The van der Waals surface area contributed by atoms with Crippen molar-refractivity contribution < 1.29 is 0 Å². The maximum absolute atomic E-state index is 2.30. The molecule has 0 fully saturated rings. The van der Waals surface area contributed by atoms with E-state index >= 15 is 0 Å². The topological polar surface area (TPSA) is 0 Å². The monoisotopic (exact) mass is 1560 g/mol. The smallest absolute Gasteiger partial charge is 0.00734 e. The first-order chi connectivity index (χ1) is 58.5. The molecule has 0 saturated heterocycles. The quantitative estimate of drug-likeness (QED) is 0.105. The van der Waals surface area contributed by atoms with Crippen molar-refractivity contribution in [1.29, 1.82) is 0 Å². The van der Waals surface area contributed by atoms with Crippen LogP contribution in [0.25, 0.3) is 151 Å². The molecule has 0 heteroatoms. The van der Waals surface area contributed by atoms with E-state index in [9.17, 15) is 0 Å². The summed E-state index contributed by atoms with van der Waals surface area (Å²) in [6.45, 7) is 36.8. The Labute approximate surface area is 716 Å². The summed E-state index contributed by atoms with van der Waals surface area (Å²) < 4.78 is 0. The van der Waals surface area contributed by atoms with Crippen LogP contribution >= 0.6 is 0 Å². The molecule has 0 aromatic heterocycles. The first-order valence-corrected chi connectivity index (χ1v) is 42.7. The lowest BCUT2D eigenvalue weighted by molar-refractivity contribution is 1.47. The van der Waals surface area contributed by atoms with Crippen molar-refractivity contribution in [3.05, 3.63) is 452 Å². The van der Waals surface area contributed by atoms with Crippen LogP contribution in [0, 0.1) is 118 Å². The average Bonchev–Trinajstić information content (AvgIpc) is 0.755. The highest BCUT2D eigenvalue weighted by molar-refractivity contribution is 6.13. The molecule has 0 nitrogen and oxygen atoms in total. The SMILES string of the molecule is Cc1cc2ccccc2c2c(C)cccc12.Cc1ccc2cc(C)c3cccc(C)c3c2c1.Cc1ccc2cc(C)ccc2c1.Cc1ccc2cc3cc(C)ccc3cc2c1.Cc1ccc2ccc3c(C)cccc3c2c1.Cc1cccc2c(C)c3ccccc3cc12.Cc1cccc2c(C)cccc12.Cc1cccc2cc3c(C)cccc3cc12. The summed E-state index contributed by atoms with van der Waals surface area (Å²) in [6, 6.07) is 129. The Morgan fingerprint density at radius 3 is 0.851 bits per heavy atom. The zero-order valence-electron chi connectivity index (χ0n) is 73.6. The number of hydrogen-bond donors (Lipinski definition) is 0. The van der Waals surface area contributed by atoms with Crippen LogP contribution in [0.1, 0.15) is 94.6 Å². The minimum absolute atomic E-state index is 1.32. The van der Waals surface area contributed by atoms with E-state index < -0.39 is 0 Å². The summed E-state index contributed by atoms with van der Waals surface area (Å²) in [4.78, 5) is 0. The molecular weight excluding hydrogens is 1450 g/mol. The molecule has 0 amide bonds. The second-order valence-electron chi connectivity index (χ2n) is 33.8. The van der Waals surface area contributed by atoms with Gasteiger partial charge in [0, 0.05) is 0 Å². The molecule has 22 aromatic rings. The van der Waals surface area contributed by atoms with E-state index in [2.05, 4.69) is 476 Å². The van der Waals surface area contributed by atoms with Gasteiger partial charge in [-0.1, -0.05) is 361 Å². The summed E-state index contributed by atoms with van der Waals surface area (Å²) in [7, 11) is 0. The standard InChI is InChI=1S/C17H16.5C16H14.2C12H12/c1-11-7-8-14-10-13(3)15-6-4-5-12(2)17(15)16(14)9-11;1-11-3-5-13-10-16-8-12(2)4-6-14(16)9-15(13)7-11;1-11-5-3-7-13-10-16-12(2)6-4-8-14(16)9-15(11)13;1-11-6-5-9-15-12(2)14-8-4-3-7-13(14)10-16(11)15;1-11-6-5-9-14-12(2)10-13-7-3-4-8-15(13)16(11)14;1-11-6-7-13-8-9-14-12(2)4-3-5-15(14)16(13)10-11;1-9-3-5-12-8-10(2)4-6-11(12)7-9;1-9-5-3-8-12-10(2)6-4-7-11(9)12/h4-10H,1-3H3;5*3-10H,1-2H3;2*3-8H,1-2H3. The second-order valence-corrected chi connectivity index (χ2v) is 33.8. The van der Waals surface area contributed by atoms with Crippen molar-refractivity contribution in [3.63, 3.8) is 0 Å². The van der Waals surface area contributed by atoms with E-state index in [-0.39, 0.29) is 0 Å². The molecule has 0 aliphatic carbocycles. The molecule has 0 aliphatic heterocycles. The predicted octanol–water partition coefficient (Wildman–Crippen LogP) is 34.9. The Balaban J connectivity index is 0.000000108. The van der Waals surface area contributed by atoms with Crippen LogP contribution in [0.3, 0.4) is 0 Å². The lowest BCUT2D eigenvalue weighted by Crippen LogP contribution is -1.86. The average molecular weight is 1560 g/mol. The van der Waals surface area contributed by atoms with E-state index in [1.807, 2.05) is 0 Å². The number of fused-ring (bicyclic) bond motifs is 17. The molecule has 0 saturated carbocycles. The lowest BCUT2D eigenvalue weighted by Gasteiger charge is -2.10. The van der Waals surface area contributed by atoms with Crippen LogP contribution in [0.5, 0.6) is 0 Å². The Bertz CT molecular complexity index is 7390. The molecule has 0 radical (unpaired) electrons. The maximum Gasteiger partial charge on any atom is -0.00734 e. The summed E-state index contributed by atoms with van der Waals surface area (Å²) in [5.74, 6) is 0. The molecule has 121 heavy (non-hydrogen) atoms. The fourth-order valence-electron chi connectivity index (χ4n) is 17.7. The Hall–Kier alpha value is -13.5. The zero-order chi connectivity index (χ0) is 84.7. The van der Waals surface area contributed by atoms with E-state index in [1.54, 1.807) is 0 Å². The number of aryl methyl sites for hydroxylation is 17. The van der Waals surface area contributed by atoms with Gasteiger partial charge in [-0.25, -0.2) is 0 Å².